The van der Waals surface area contributed by atoms with Crippen molar-refractivity contribution in [1.29, 1.82) is 0 Å². The highest BCUT2D eigenvalue weighted by molar-refractivity contribution is 5.68. The fraction of sp³-hybridized carbons (Fsp3) is 0.500. The fourth-order valence-electron chi connectivity index (χ4n) is 2.13. The quantitative estimate of drug-likeness (QED) is 0.625. The molecule has 102 valence electrons. The summed E-state index contributed by atoms with van der Waals surface area (Å²) >= 11 is 0. The van der Waals surface area contributed by atoms with Crippen LogP contribution >= 0.6 is 0 Å². The van der Waals surface area contributed by atoms with Gasteiger partial charge in [-0.05, 0) is 0 Å². The average Bonchev–Trinajstić information content (AvgIpc) is 2.94. The molecule has 3 heterocycles. The van der Waals surface area contributed by atoms with Crippen molar-refractivity contribution >= 4 is 11.2 Å². The molecule has 1 aliphatic heterocycles. The zero-order valence-corrected chi connectivity index (χ0v) is 9.60. The lowest BCUT2D eigenvalue weighted by atomic mass is 10.1. The molecule has 1 aliphatic rings. The molecule has 1 saturated heterocycles. The number of fused-ring (bicyclic) bond motifs is 1. The van der Waals surface area contributed by atoms with Crippen LogP contribution in [-0.2, 0) is 4.74 Å². The largest absolute Gasteiger partial charge is 0.394 e. The van der Waals surface area contributed by atoms with E-state index in [1.807, 2.05) is 0 Å². The Hall–Kier alpha value is -1.84. The molecule has 19 heavy (non-hydrogen) atoms. The number of aliphatic hydroxyl groups is 2. The van der Waals surface area contributed by atoms with Crippen molar-refractivity contribution in [2.24, 2.45) is 0 Å². The van der Waals surface area contributed by atoms with Gasteiger partial charge in [0.05, 0.1) is 19.3 Å². The first-order valence-electron chi connectivity index (χ1n) is 5.62. The second-order valence-corrected chi connectivity index (χ2v) is 4.24. The number of aromatic nitrogens is 4. The van der Waals surface area contributed by atoms with Crippen molar-refractivity contribution < 1.29 is 19.3 Å². The van der Waals surface area contributed by atoms with Gasteiger partial charge in [0.2, 0.25) is 0 Å². The van der Waals surface area contributed by atoms with Gasteiger partial charge in [0.25, 0.3) is 5.56 Å². The molecule has 0 amide bonds. The van der Waals surface area contributed by atoms with Crippen LogP contribution in [0, 0.1) is 0 Å². The molecule has 1 unspecified atom stereocenters. The summed E-state index contributed by atoms with van der Waals surface area (Å²) in [7, 11) is 0. The highest BCUT2D eigenvalue weighted by Crippen LogP contribution is 2.32. The first-order chi connectivity index (χ1) is 9.13. The van der Waals surface area contributed by atoms with Gasteiger partial charge in [-0.15, -0.1) is 0 Å². The van der Waals surface area contributed by atoms with E-state index in [4.69, 9.17) is 9.84 Å². The van der Waals surface area contributed by atoms with Gasteiger partial charge in [0, 0.05) is 0 Å². The number of ether oxygens (including phenoxy) is 1. The molecular weight excluding hydrogens is 259 g/mol. The van der Waals surface area contributed by atoms with Crippen molar-refractivity contribution in [3.63, 3.8) is 0 Å². The number of nitrogens with zero attached hydrogens (tertiary/aromatic N) is 3. The Morgan fingerprint density at radius 1 is 1.53 bits per heavy atom. The molecule has 0 aromatic carbocycles. The lowest BCUT2D eigenvalue weighted by Gasteiger charge is -2.14. The minimum atomic E-state index is -1.74. The molecule has 8 nitrogen and oxygen atoms in total. The summed E-state index contributed by atoms with van der Waals surface area (Å²) in [5, 5.41) is 18.6. The topological polar surface area (TPSA) is 113 Å². The first-order valence-corrected chi connectivity index (χ1v) is 5.62. The number of aliphatic hydroxyl groups excluding tert-OH is 2. The van der Waals surface area contributed by atoms with Crippen LogP contribution in [0.5, 0.6) is 0 Å². The summed E-state index contributed by atoms with van der Waals surface area (Å²) in [6, 6.07) is 0. The molecule has 0 saturated carbocycles. The van der Waals surface area contributed by atoms with Gasteiger partial charge in [-0.1, -0.05) is 0 Å². The molecule has 1 fully saturated rings. The van der Waals surface area contributed by atoms with Gasteiger partial charge in [0.15, 0.2) is 23.6 Å². The van der Waals surface area contributed by atoms with E-state index in [-0.39, 0.29) is 11.2 Å². The van der Waals surface area contributed by atoms with E-state index in [9.17, 15) is 14.3 Å². The molecule has 0 aliphatic carbocycles. The lowest BCUT2D eigenvalue weighted by Crippen LogP contribution is -2.30. The second-order valence-electron chi connectivity index (χ2n) is 4.24. The predicted molar refractivity (Wildman–Crippen MR) is 60.0 cm³/mol. The van der Waals surface area contributed by atoms with Gasteiger partial charge in [0.1, 0.15) is 12.2 Å². The number of hydrogen-bond donors (Lipinski definition) is 3. The summed E-state index contributed by atoms with van der Waals surface area (Å²) < 4.78 is 20.4. The molecule has 2 aromatic rings. The maximum Gasteiger partial charge on any atom is 0.278 e. The van der Waals surface area contributed by atoms with E-state index in [1.54, 1.807) is 0 Å². The predicted octanol–water partition coefficient (Wildman–Crippen LogP) is -1.29. The fourth-order valence-corrected chi connectivity index (χ4v) is 2.13. The number of hydrogen-bond acceptors (Lipinski definition) is 6. The molecular formula is C10H11FN4O4. The van der Waals surface area contributed by atoms with Crippen LogP contribution < -0.4 is 5.56 Å². The number of imidazole rings is 1. The normalized spacial score (nSPS) is 31.1. The molecule has 2 aromatic heterocycles. The van der Waals surface area contributed by atoms with E-state index in [0.29, 0.717) is 0 Å². The Balaban J connectivity index is 2.06. The van der Waals surface area contributed by atoms with Gasteiger partial charge in [-0.25, -0.2) is 14.4 Å². The van der Waals surface area contributed by atoms with E-state index < -0.39 is 36.8 Å². The van der Waals surface area contributed by atoms with E-state index in [1.165, 1.54) is 17.2 Å². The summed E-state index contributed by atoms with van der Waals surface area (Å²) in [5.74, 6) is 0. The Kier molecular flexibility index (Phi) is 2.81. The summed E-state index contributed by atoms with van der Waals surface area (Å²) in [4.78, 5) is 21.6. The molecule has 0 spiro atoms. The van der Waals surface area contributed by atoms with E-state index in [2.05, 4.69) is 15.0 Å². The van der Waals surface area contributed by atoms with Crippen LogP contribution in [0.15, 0.2) is 17.4 Å². The maximum atomic E-state index is 14.0. The van der Waals surface area contributed by atoms with Crippen LogP contribution in [0.25, 0.3) is 11.2 Å². The zero-order chi connectivity index (χ0) is 13.6. The third-order valence-electron chi connectivity index (χ3n) is 3.11. The summed E-state index contributed by atoms with van der Waals surface area (Å²) in [5.41, 5.74) is -0.237. The molecule has 4 atom stereocenters. The molecule has 3 N–H and O–H groups in total. The van der Waals surface area contributed by atoms with Crippen LogP contribution in [0.3, 0.4) is 0 Å². The third kappa shape index (κ3) is 1.74. The number of nitrogens with one attached hydrogen (secondary N) is 1. The highest BCUT2D eigenvalue weighted by Gasteiger charge is 2.45. The summed E-state index contributed by atoms with van der Waals surface area (Å²) in [6.45, 7) is -0.501. The van der Waals surface area contributed by atoms with Crippen LogP contribution in [0.1, 0.15) is 6.23 Å². The van der Waals surface area contributed by atoms with E-state index in [0.717, 1.165) is 0 Å². The van der Waals surface area contributed by atoms with Crippen LogP contribution in [-0.4, -0.2) is 54.7 Å². The van der Waals surface area contributed by atoms with Crippen molar-refractivity contribution in [1.82, 2.24) is 19.5 Å². The molecule has 9 heteroatoms. The standard InChI is InChI=1S/C10H11FN4O4/c11-5-7(17)4(1-16)19-10(5)15-3-14-6-8(15)12-2-13-9(6)18/h2-5,7,10,16-17H,1H2,(H,12,13,18)/t4-,5?,7-,10-/m1/s1. The number of aromatic amines is 1. The van der Waals surface area contributed by atoms with Crippen molar-refractivity contribution in [2.45, 2.75) is 24.6 Å². The zero-order valence-electron chi connectivity index (χ0n) is 9.60. The summed E-state index contributed by atoms with van der Waals surface area (Å²) in [6.07, 6.45) is -2.97. The van der Waals surface area contributed by atoms with Gasteiger partial charge >= 0.3 is 0 Å². The number of halogens is 1. The van der Waals surface area contributed by atoms with Gasteiger partial charge in [-0.2, -0.15) is 0 Å². The number of alkyl halides is 1. The third-order valence-corrected chi connectivity index (χ3v) is 3.11. The van der Waals surface area contributed by atoms with E-state index >= 15 is 0 Å². The second kappa shape index (κ2) is 4.37. The Morgan fingerprint density at radius 3 is 3.00 bits per heavy atom. The number of H-pyrrole nitrogens is 1. The Morgan fingerprint density at radius 2 is 2.32 bits per heavy atom. The molecule has 0 bridgehead atoms. The van der Waals surface area contributed by atoms with Gasteiger partial charge in [-0.3, -0.25) is 9.36 Å². The minimum absolute atomic E-state index is 0.0558. The van der Waals surface area contributed by atoms with Crippen LogP contribution in [0.4, 0.5) is 4.39 Å². The monoisotopic (exact) mass is 270 g/mol. The SMILES string of the molecule is O=c1[nH]cnc2c1ncn2[C@@H]1O[C@H](CO)[C@@H](O)C1F. The Labute approximate surface area is 105 Å². The molecule has 0 radical (unpaired) electrons. The highest BCUT2D eigenvalue weighted by atomic mass is 19.1. The molecule has 3 rings (SSSR count). The minimum Gasteiger partial charge on any atom is -0.394 e. The van der Waals surface area contributed by atoms with Crippen molar-refractivity contribution in [3.05, 3.63) is 23.0 Å². The van der Waals surface area contributed by atoms with Gasteiger partial charge < -0.3 is 19.9 Å². The average molecular weight is 270 g/mol. The first kappa shape index (κ1) is 12.2. The van der Waals surface area contributed by atoms with Crippen molar-refractivity contribution in [3.8, 4) is 0 Å². The lowest BCUT2D eigenvalue weighted by molar-refractivity contribution is -0.0459. The van der Waals surface area contributed by atoms with Crippen LogP contribution in [0.2, 0.25) is 0 Å². The number of rotatable bonds is 2. The Bertz CT molecular complexity index is 656. The smallest absolute Gasteiger partial charge is 0.278 e. The maximum absolute atomic E-state index is 14.0. The van der Waals surface area contributed by atoms with Crippen molar-refractivity contribution in [2.75, 3.05) is 6.61 Å².